The summed E-state index contributed by atoms with van der Waals surface area (Å²) < 4.78 is 10.3. The zero-order valence-electron chi connectivity index (χ0n) is 78.3. The van der Waals surface area contributed by atoms with E-state index in [-0.39, 0.29) is 42.3 Å². The lowest BCUT2D eigenvalue weighted by Crippen LogP contribution is -2.43. The largest absolute Gasteiger partial charge is 0.481 e. The number of carbonyl (C=O) groups excluding carboxylic acids is 5. The third kappa shape index (κ3) is 28.6. The summed E-state index contributed by atoms with van der Waals surface area (Å²) in [6.07, 6.45) is 30.4. The van der Waals surface area contributed by atoms with Gasteiger partial charge in [-0.05, 0) is 243 Å². The van der Waals surface area contributed by atoms with Crippen LogP contribution in [-0.2, 0) is 28.7 Å². The first-order valence-electron chi connectivity index (χ1n) is 47.4. The molecule has 6 fully saturated rings. The SMILES string of the molecule is C1=Cc2ccccc2C(=C2CCNCC2)c2ccccc21.CC(C)(C)OC(=O)NCCBr.CC(C)(C)OC(=O)NCCN1CCC(=C2c3ccccc3C=Cc3ccccc32)CC1.Cl.NCCN1CCC(=C2c3ccccc3C=Cc3ccccc32)CC1.O=CN1CCC(C(=O)NCCN2CCC(=C3c4ccccc4C=Cc4ccccc43)CC2)CC1.O=CN1CCC(C(=O)O)CC1. The number of rotatable bonds is 14. The van der Waals surface area contributed by atoms with Crippen LogP contribution in [0.5, 0.6) is 0 Å². The summed E-state index contributed by atoms with van der Waals surface area (Å²) in [5.41, 5.74) is 38.1. The van der Waals surface area contributed by atoms with Gasteiger partial charge in [-0.3, -0.25) is 19.2 Å². The number of alkyl carbamates (subject to hydrolysis) is 2. The molecule has 0 unspecified atom stereocenters. The Balaban J connectivity index is 0.000000150. The lowest BCUT2D eigenvalue weighted by Gasteiger charge is -2.31. The van der Waals surface area contributed by atoms with Gasteiger partial charge in [-0.1, -0.05) is 281 Å². The molecule has 4 aliphatic carbocycles. The zero-order valence-corrected chi connectivity index (χ0v) is 80.7. The van der Waals surface area contributed by atoms with Crippen molar-refractivity contribution >= 4 is 136 Å². The first kappa shape index (κ1) is 101. The Bertz CT molecular complexity index is 5340. The van der Waals surface area contributed by atoms with E-state index in [0.717, 1.165) is 161 Å². The lowest BCUT2D eigenvalue weighted by molar-refractivity contribution is -0.144. The zero-order chi connectivity index (χ0) is 92.8. The average molecular weight is 1880 g/mol. The molecule has 6 saturated heterocycles. The number of halogens is 2. The molecular weight excluding hydrogens is 1740 g/mol. The Morgan fingerprint density at radius 3 is 0.880 bits per heavy atom. The fourth-order valence-corrected chi connectivity index (χ4v) is 19.1. The van der Waals surface area contributed by atoms with E-state index in [1.165, 1.54) is 122 Å². The normalized spacial score (nSPS) is 17.0. The van der Waals surface area contributed by atoms with E-state index < -0.39 is 17.2 Å². The number of ether oxygens (including phenoxy) is 2. The highest BCUT2D eigenvalue weighted by atomic mass is 79.9. The molecule has 0 saturated carbocycles. The number of amides is 5. The van der Waals surface area contributed by atoms with Crippen molar-refractivity contribution in [2.24, 2.45) is 17.6 Å². The van der Waals surface area contributed by atoms with Crippen molar-refractivity contribution in [2.75, 3.05) is 130 Å². The van der Waals surface area contributed by atoms with Crippen LogP contribution >= 0.6 is 28.3 Å². The molecule has 10 aliphatic rings. The fourth-order valence-electron chi connectivity index (χ4n) is 18.9. The predicted molar refractivity (Wildman–Crippen MR) is 550 cm³/mol. The maximum atomic E-state index is 12.5. The summed E-state index contributed by atoms with van der Waals surface area (Å²) in [5.74, 6) is -0.802. The number of carboxylic acid groups (broad SMARTS) is 1. The molecule has 700 valence electrons. The van der Waals surface area contributed by atoms with E-state index in [4.69, 9.17) is 20.3 Å². The number of carboxylic acids is 1. The van der Waals surface area contributed by atoms with Crippen LogP contribution in [0.2, 0.25) is 0 Å². The number of likely N-dealkylation sites (tertiary alicyclic amines) is 5. The van der Waals surface area contributed by atoms with Gasteiger partial charge in [0.2, 0.25) is 18.7 Å². The number of aliphatic carboxylic acids is 1. The molecule has 0 spiro atoms. The molecule has 6 heterocycles. The molecule has 7 N–H and O–H groups in total. The number of hydrogen-bond donors (Lipinski definition) is 6. The van der Waals surface area contributed by atoms with Gasteiger partial charge in [-0.2, -0.15) is 0 Å². The van der Waals surface area contributed by atoms with Crippen molar-refractivity contribution in [1.29, 1.82) is 0 Å². The molecule has 5 amide bonds. The molecule has 0 radical (unpaired) electrons. The van der Waals surface area contributed by atoms with Crippen molar-refractivity contribution in [3.05, 3.63) is 305 Å². The molecule has 19 nitrogen and oxygen atoms in total. The van der Waals surface area contributed by atoms with Crippen LogP contribution in [0.15, 0.2) is 216 Å². The maximum absolute atomic E-state index is 12.5. The van der Waals surface area contributed by atoms with E-state index in [9.17, 15) is 28.8 Å². The number of nitrogens with two attached hydrogens (primary N) is 1. The Kier molecular flexibility index (Phi) is 37.9. The molecule has 21 heteroatoms. The van der Waals surface area contributed by atoms with E-state index in [0.29, 0.717) is 58.7 Å². The summed E-state index contributed by atoms with van der Waals surface area (Å²) in [6.45, 7) is 27.5. The third-order valence-electron chi connectivity index (χ3n) is 25.7. The van der Waals surface area contributed by atoms with Gasteiger partial charge in [0.25, 0.3) is 0 Å². The molecule has 8 aromatic carbocycles. The highest BCUT2D eigenvalue weighted by Crippen LogP contribution is 2.44. The smallest absolute Gasteiger partial charge is 0.407 e. The van der Waals surface area contributed by atoms with Crippen LogP contribution in [0.3, 0.4) is 0 Å². The fraction of sp³-hybridized carbons (Fsp3) is 0.375. The molecule has 8 aromatic rings. The molecule has 0 bridgehead atoms. The van der Waals surface area contributed by atoms with Crippen LogP contribution in [0.25, 0.3) is 70.9 Å². The summed E-state index contributed by atoms with van der Waals surface area (Å²) in [7, 11) is 0. The van der Waals surface area contributed by atoms with Gasteiger partial charge in [-0.15, -0.1) is 12.4 Å². The minimum absolute atomic E-state index is 0. The quantitative estimate of drug-likeness (QED) is 0.0439. The molecular formula is C112H134BrClN10O9. The second-order valence-corrected chi connectivity index (χ2v) is 37.8. The minimum Gasteiger partial charge on any atom is -0.481 e. The monoisotopic (exact) mass is 1880 g/mol. The molecule has 6 aliphatic heterocycles. The van der Waals surface area contributed by atoms with E-state index in [1.807, 2.05) is 41.5 Å². The van der Waals surface area contributed by atoms with Gasteiger partial charge in [0, 0.05) is 123 Å². The highest BCUT2D eigenvalue weighted by molar-refractivity contribution is 9.09. The van der Waals surface area contributed by atoms with E-state index in [1.54, 1.807) is 20.9 Å². The van der Waals surface area contributed by atoms with Gasteiger partial charge >= 0.3 is 18.2 Å². The summed E-state index contributed by atoms with van der Waals surface area (Å²) in [4.78, 5) is 77.5. The Hall–Kier alpha value is -11.3. The highest BCUT2D eigenvalue weighted by Gasteiger charge is 2.31. The number of nitrogens with one attached hydrogen (secondary N) is 4. The van der Waals surface area contributed by atoms with Gasteiger partial charge in [-0.25, -0.2) is 9.59 Å². The Labute approximate surface area is 802 Å². The van der Waals surface area contributed by atoms with Crippen LogP contribution in [0.4, 0.5) is 9.59 Å². The molecule has 18 rings (SSSR count). The summed E-state index contributed by atoms with van der Waals surface area (Å²) >= 11 is 3.19. The van der Waals surface area contributed by atoms with Crippen LogP contribution in [0.1, 0.15) is 208 Å². The standard InChI is InChI=1S/C29H33N3O2.C27H32N2O2.C22H24N2.C20H19N.C7H14BrNO2.C7H11NO3.ClH/c33-21-32-18-13-25(14-19-32)29(34)30-15-20-31-16-11-24(12-17-31)28-26-7-3-1-5-22(26)9-10-23-6-2-4-8-27(23)28;1-27(2,3)31-26(30)28-16-19-29-17-14-22(15-18-29)25-23-10-6-4-8-20(23)12-13-21-9-5-7-11-24(21)25;23-13-16-24-14-11-19(12-15-24)22-20-7-3-1-5-17(20)9-10-18-6-2-4-8-21(18)22;1-3-7-18-15(5-1)9-10-16-6-2-4-8-19(16)20(18)17-11-13-21-14-12-17;1-7(2,3)11-6(10)9-5-4-8;9-5-8-3-1-6(2-4-8)7(10)11;/h1-10,21,25H,11-20H2,(H,30,34);4-13H,14-19H2,1-3H3,(H,28,30);1-10H,11-16,23H2;1-10,21H,11-14H2;4-5H2,1-3H3,(H,9,10);5-6H,1-4H2,(H,10,11);1H. The minimum atomic E-state index is -0.740. The number of nitrogens with zero attached hydrogens (tertiary/aromatic N) is 5. The summed E-state index contributed by atoms with van der Waals surface area (Å²) in [5, 5.41) is 21.4. The van der Waals surface area contributed by atoms with E-state index in [2.05, 4.69) is 295 Å². The average Bonchev–Trinajstić information content (AvgIpc) is 1.50. The van der Waals surface area contributed by atoms with Gasteiger partial charge < -0.3 is 66.1 Å². The number of piperidine rings is 6. The van der Waals surface area contributed by atoms with Gasteiger partial charge in [0.15, 0.2) is 0 Å². The summed E-state index contributed by atoms with van der Waals surface area (Å²) in [6, 6.07) is 70.0. The van der Waals surface area contributed by atoms with E-state index >= 15 is 0 Å². The van der Waals surface area contributed by atoms with Crippen molar-refractivity contribution < 1.29 is 43.3 Å². The molecule has 0 aromatic heterocycles. The Morgan fingerprint density at radius 2 is 0.624 bits per heavy atom. The predicted octanol–water partition coefficient (Wildman–Crippen LogP) is 20.3. The number of benzene rings is 8. The van der Waals surface area contributed by atoms with Crippen LogP contribution in [0, 0.1) is 11.8 Å². The Morgan fingerprint density at radius 1 is 0.376 bits per heavy atom. The van der Waals surface area contributed by atoms with Crippen molar-refractivity contribution in [2.45, 2.75) is 130 Å². The lowest BCUT2D eigenvalue weighted by atomic mass is 9.86. The van der Waals surface area contributed by atoms with Gasteiger partial charge in [0.05, 0.1) is 5.92 Å². The van der Waals surface area contributed by atoms with Crippen LogP contribution < -0.4 is 27.0 Å². The molecule has 133 heavy (non-hydrogen) atoms. The second kappa shape index (κ2) is 50.1. The first-order chi connectivity index (χ1) is 64.1. The number of fused-ring (bicyclic) bond motifs is 8. The number of alkyl halides is 1. The van der Waals surface area contributed by atoms with Gasteiger partial charge in [0.1, 0.15) is 11.2 Å². The van der Waals surface area contributed by atoms with Crippen molar-refractivity contribution in [1.82, 2.24) is 45.8 Å². The number of carbonyl (C=O) groups is 6. The van der Waals surface area contributed by atoms with Crippen molar-refractivity contribution in [3.63, 3.8) is 0 Å². The second-order valence-electron chi connectivity index (χ2n) is 37.0. The van der Waals surface area contributed by atoms with Crippen LogP contribution in [-0.4, -0.2) is 207 Å². The number of hydrogen-bond acceptors (Lipinski definition) is 13. The maximum Gasteiger partial charge on any atom is 0.407 e. The molecule has 0 atom stereocenters. The topological polar surface area (TPSA) is 231 Å². The third-order valence-corrected chi connectivity index (χ3v) is 26.1. The first-order valence-corrected chi connectivity index (χ1v) is 48.6. The van der Waals surface area contributed by atoms with Crippen molar-refractivity contribution in [3.8, 4) is 0 Å².